The molecule has 2 aromatic heterocycles. The number of thiophene rings is 1. The summed E-state index contributed by atoms with van der Waals surface area (Å²) in [5, 5.41) is 5.37. The minimum Gasteiger partial charge on any atom is -0.472 e. The van der Waals surface area contributed by atoms with Gasteiger partial charge in [-0.1, -0.05) is 12.1 Å². The van der Waals surface area contributed by atoms with E-state index in [4.69, 9.17) is 4.74 Å². The molecule has 0 radical (unpaired) electrons. The largest absolute Gasteiger partial charge is 0.472 e. The van der Waals surface area contributed by atoms with Crippen LogP contribution in [-0.4, -0.2) is 10.5 Å². The molecular formula is C14H18N2OS. The Morgan fingerprint density at radius 1 is 1.22 bits per heavy atom. The number of aromatic nitrogens is 1. The van der Waals surface area contributed by atoms with Crippen molar-refractivity contribution in [3.8, 4) is 5.88 Å². The lowest BCUT2D eigenvalue weighted by Gasteiger charge is -2.21. The molecule has 96 valence electrons. The highest BCUT2D eigenvalue weighted by atomic mass is 32.1. The minimum atomic E-state index is -0.000620. The molecule has 2 heterocycles. The van der Waals surface area contributed by atoms with Crippen LogP contribution in [0.3, 0.4) is 0 Å². The Morgan fingerprint density at radius 2 is 2.06 bits per heavy atom. The highest BCUT2D eigenvalue weighted by Crippen LogP contribution is 2.17. The van der Waals surface area contributed by atoms with E-state index in [-0.39, 0.29) is 5.54 Å². The molecule has 0 aliphatic carbocycles. The van der Waals surface area contributed by atoms with Crippen LogP contribution in [0.2, 0.25) is 0 Å². The van der Waals surface area contributed by atoms with Gasteiger partial charge in [0.1, 0.15) is 12.4 Å². The summed E-state index contributed by atoms with van der Waals surface area (Å²) in [5.41, 5.74) is -0.000620. The van der Waals surface area contributed by atoms with Gasteiger partial charge in [0.05, 0.1) is 0 Å². The standard InChI is InChI=1S/C14H18N2OS/c1-14(2,3)16-12-7-4-8-13(15-12)17-10-11-6-5-9-18-11/h4-9H,10H2,1-3H3,(H,15,16). The van der Waals surface area contributed by atoms with Gasteiger partial charge in [0, 0.05) is 16.5 Å². The van der Waals surface area contributed by atoms with Crippen molar-refractivity contribution in [2.24, 2.45) is 0 Å². The molecule has 0 aliphatic rings. The van der Waals surface area contributed by atoms with Crippen LogP contribution < -0.4 is 10.1 Å². The number of pyridine rings is 1. The van der Waals surface area contributed by atoms with Crippen LogP contribution in [0.4, 0.5) is 5.82 Å². The zero-order valence-corrected chi connectivity index (χ0v) is 11.8. The molecular weight excluding hydrogens is 244 g/mol. The molecule has 0 aromatic carbocycles. The third-order valence-corrected chi connectivity index (χ3v) is 3.02. The average Bonchev–Trinajstić information content (AvgIpc) is 2.77. The normalized spacial score (nSPS) is 11.3. The summed E-state index contributed by atoms with van der Waals surface area (Å²) in [6.45, 7) is 6.89. The molecule has 0 amide bonds. The van der Waals surface area contributed by atoms with E-state index in [0.717, 1.165) is 5.82 Å². The van der Waals surface area contributed by atoms with Gasteiger partial charge >= 0.3 is 0 Å². The topological polar surface area (TPSA) is 34.1 Å². The number of hydrogen-bond acceptors (Lipinski definition) is 4. The molecule has 0 unspecified atom stereocenters. The molecule has 0 spiro atoms. The van der Waals surface area contributed by atoms with Gasteiger partial charge in [0.25, 0.3) is 0 Å². The maximum atomic E-state index is 5.66. The molecule has 0 saturated heterocycles. The quantitative estimate of drug-likeness (QED) is 0.906. The molecule has 0 fully saturated rings. The maximum Gasteiger partial charge on any atom is 0.215 e. The van der Waals surface area contributed by atoms with Crippen LogP contribution in [-0.2, 0) is 6.61 Å². The fraction of sp³-hybridized carbons (Fsp3) is 0.357. The Bertz CT molecular complexity index is 489. The van der Waals surface area contributed by atoms with Crippen molar-refractivity contribution in [3.05, 3.63) is 40.6 Å². The van der Waals surface area contributed by atoms with Gasteiger partial charge in [0.2, 0.25) is 5.88 Å². The second kappa shape index (κ2) is 5.40. The van der Waals surface area contributed by atoms with E-state index in [1.165, 1.54) is 4.88 Å². The molecule has 1 N–H and O–H groups in total. The van der Waals surface area contributed by atoms with Gasteiger partial charge < -0.3 is 10.1 Å². The van der Waals surface area contributed by atoms with Crippen LogP contribution >= 0.6 is 11.3 Å². The third kappa shape index (κ3) is 4.04. The molecule has 4 heteroatoms. The zero-order valence-electron chi connectivity index (χ0n) is 10.9. The monoisotopic (exact) mass is 262 g/mol. The fourth-order valence-electron chi connectivity index (χ4n) is 1.49. The zero-order chi connectivity index (χ0) is 13.0. The van der Waals surface area contributed by atoms with Crippen molar-refractivity contribution in [1.82, 2.24) is 4.98 Å². The van der Waals surface area contributed by atoms with E-state index in [9.17, 15) is 0 Å². The van der Waals surface area contributed by atoms with E-state index in [1.54, 1.807) is 11.3 Å². The summed E-state index contributed by atoms with van der Waals surface area (Å²) < 4.78 is 5.66. The predicted octanol–water partition coefficient (Wildman–Crippen LogP) is 3.93. The van der Waals surface area contributed by atoms with Crippen molar-refractivity contribution in [1.29, 1.82) is 0 Å². The first-order valence-corrected chi connectivity index (χ1v) is 6.81. The van der Waals surface area contributed by atoms with Gasteiger partial charge in [0.15, 0.2) is 0 Å². The highest BCUT2D eigenvalue weighted by Gasteiger charge is 2.10. The first-order chi connectivity index (χ1) is 8.53. The van der Waals surface area contributed by atoms with Crippen molar-refractivity contribution in [2.45, 2.75) is 32.9 Å². The van der Waals surface area contributed by atoms with E-state index < -0.39 is 0 Å². The van der Waals surface area contributed by atoms with Crippen LogP contribution in [0.1, 0.15) is 25.6 Å². The molecule has 0 bridgehead atoms. The van der Waals surface area contributed by atoms with Gasteiger partial charge in [-0.25, -0.2) is 0 Å². The van der Waals surface area contributed by atoms with Crippen LogP contribution in [0.15, 0.2) is 35.7 Å². The average molecular weight is 262 g/mol. The lowest BCUT2D eigenvalue weighted by atomic mass is 10.1. The smallest absolute Gasteiger partial charge is 0.215 e. The van der Waals surface area contributed by atoms with E-state index in [1.807, 2.05) is 29.6 Å². The number of nitrogens with zero attached hydrogens (tertiary/aromatic N) is 1. The summed E-state index contributed by atoms with van der Waals surface area (Å²) in [6, 6.07) is 9.85. The second-order valence-corrected chi connectivity index (χ2v) is 6.14. The number of hydrogen-bond donors (Lipinski definition) is 1. The Kier molecular flexibility index (Phi) is 3.87. The Hall–Kier alpha value is -1.55. The van der Waals surface area contributed by atoms with Crippen molar-refractivity contribution >= 4 is 17.2 Å². The first-order valence-electron chi connectivity index (χ1n) is 5.93. The molecule has 0 saturated carbocycles. The molecule has 0 aliphatic heterocycles. The van der Waals surface area contributed by atoms with E-state index in [0.29, 0.717) is 12.5 Å². The Balaban J connectivity index is 1.99. The summed E-state index contributed by atoms with van der Waals surface area (Å²) in [7, 11) is 0. The first kappa shape index (κ1) is 12.9. The number of nitrogens with one attached hydrogen (secondary N) is 1. The Morgan fingerprint density at radius 3 is 2.72 bits per heavy atom. The van der Waals surface area contributed by atoms with Gasteiger partial charge in [-0.05, 0) is 38.3 Å². The summed E-state index contributed by atoms with van der Waals surface area (Å²) in [5.74, 6) is 1.49. The highest BCUT2D eigenvalue weighted by molar-refractivity contribution is 7.09. The molecule has 2 rings (SSSR count). The van der Waals surface area contributed by atoms with Crippen molar-refractivity contribution < 1.29 is 4.74 Å². The Labute approximate surface area is 112 Å². The lowest BCUT2D eigenvalue weighted by molar-refractivity contribution is 0.297. The van der Waals surface area contributed by atoms with Crippen LogP contribution in [0.5, 0.6) is 5.88 Å². The minimum absolute atomic E-state index is 0.000620. The molecule has 0 atom stereocenters. The number of rotatable bonds is 4. The summed E-state index contributed by atoms with van der Waals surface area (Å²) in [4.78, 5) is 5.63. The SMILES string of the molecule is CC(C)(C)Nc1cccc(OCc2cccs2)n1. The van der Waals surface area contributed by atoms with Gasteiger partial charge in [-0.3, -0.25) is 0 Å². The molecule has 2 aromatic rings. The van der Waals surface area contributed by atoms with Crippen LogP contribution in [0, 0.1) is 0 Å². The number of ether oxygens (including phenoxy) is 1. The van der Waals surface area contributed by atoms with Crippen molar-refractivity contribution in [2.75, 3.05) is 5.32 Å². The summed E-state index contributed by atoms with van der Waals surface area (Å²) in [6.07, 6.45) is 0. The van der Waals surface area contributed by atoms with Crippen LogP contribution in [0.25, 0.3) is 0 Å². The van der Waals surface area contributed by atoms with Gasteiger partial charge in [-0.15, -0.1) is 11.3 Å². The predicted molar refractivity (Wildman–Crippen MR) is 76.3 cm³/mol. The van der Waals surface area contributed by atoms with E-state index in [2.05, 4.69) is 37.1 Å². The molecule has 3 nitrogen and oxygen atoms in total. The maximum absolute atomic E-state index is 5.66. The summed E-state index contributed by atoms with van der Waals surface area (Å²) >= 11 is 1.69. The van der Waals surface area contributed by atoms with E-state index >= 15 is 0 Å². The van der Waals surface area contributed by atoms with Gasteiger partial charge in [-0.2, -0.15) is 4.98 Å². The van der Waals surface area contributed by atoms with Crippen molar-refractivity contribution in [3.63, 3.8) is 0 Å². The second-order valence-electron chi connectivity index (χ2n) is 5.10. The third-order valence-electron chi connectivity index (χ3n) is 2.17. The number of anilines is 1. The molecule has 18 heavy (non-hydrogen) atoms. The lowest BCUT2D eigenvalue weighted by Crippen LogP contribution is -2.26. The fourth-order valence-corrected chi connectivity index (χ4v) is 2.10.